The highest BCUT2D eigenvalue weighted by molar-refractivity contribution is 8.26. The summed E-state index contributed by atoms with van der Waals surface area (Å²) in [5, 5.41) is 2.70. The van der Waals surface area contributed by atoms with Gasteiger partial charge in [0.2, 0.25) is 0 Å². The molecule has 2 aliphatic carbocycles. The van der Waals surface area contributed by atoms with Crippen LogP contribution in [0.1, 0.15) is 83.5 Å². The number of furan rings is 1. The summed E-state index contributed by atoms with van der Waals surface area (Å²) in [6, 6.07) is 7.68. The van der Waals surface area contributed by atoms with E-state index in [4.69, 9.17) is 35.6 Å². The number of alkyl carbamates (subject to hydrolysis) is 1. The van der Waals surface area contributed by atoms with Crippen LogP contribution in [0.3, 0.4) is 0 Å². The van der Waals surface area contributed by atoms with E-state index in [2.05, 4.69) is 5.32 Å². The third-order valence-corrected chi connectivity index (χ3v) is 10.3. The Bertz CT molecular complexity index is 1520. The SMILES string of the molecule is COc1cc(OC)cc(-c2cc(CCCOC(=O)CCCCNC(=O)OC(C)(C)C)c(/C=C3\SC(=S)N(C4CC5CCC4C5)C3=O)o2)c1. The molecule has 5 rings (SSSR count). The topological polar surface area (TPSA) is 117 Å². The molecular weight excluding hydrogens is 653 g/mol. The van der Waals surface area contributed by atoms with Gasteiger partial charge >= 0.3 is 12.1 Å². The number of rotatable bonds is 14. The zero-order valence-corrected chi connectivity index (χ0v) is 30.1. The summed E-state index contributed by atoms with van der Waals surface area (Å²) in [4.78, 5) is 40.2. The van der Waals surface area contributed by atoms with Gasteiger partial charge in [0, 0.05) is 36.7 Å². The zero-order chi connectivity index (χ0) is 34.4. The monoisotopic (exact) mass is 698 g/mol. The maximum absolute atomic E-state index is 13.7. The van der Waals surface area contributed by atoms with E-state index in [1.165, 1.54) is 24.6 Å². The zero-order valence-electron chi connectivity index (χ0n) is 28.4. The van der Waals surface area contributed by atoms with Gasteiger partial charge in [-0.25, -0.2) is 4.79 Å². The Kier molecular flexibility index (Phi) is 11.8. The van der Waals surface area contributed by atoms with E-state index in [1.54, 1.807) is 26.4 Å². The van der Waals surface area contributed by atoms with E-state index in [0.29, 0.717) is 76.3 Å². The third-order valence-electron chi connectivity index (χ3n) is 8.93. The number of carbonyl (C=O) groups is 3. The van der Waals surface area contributed by atoms with Crippen molar-refractivity contribution in [1.82, 2.24) is 10.2 Å². The molecule has 2 aromatic rings. The molecule has 3 fully saturated rings. The lowest BCUT2D eigenvalue weighted by Gasteiger charge is -2.30. The van der Waals surface area contributed by atoms with Crippen LogP contribution in [0.15, 0.2) is 33.6 Å². The predicted molar refractivity (Wildman–Crippen MR) is 189 cm³/mol. The van der Waals surface area contributed by atoms with Crippen LogP contribution in [-0.2, 0) is 25.5 Å². The molecule has 3 aliphatic rings. The number of methoxy groups -OCH3 is 2. The van der Waals surface area contributed by atoms with Gasteiger partial charge in [-0.1, -0.05) is 30.4 Å². The van der Waals surface area contributed by atoms with E-state index in [-0.39, 0.29) is 30.9 Å². The van der Waals surface area contributed by atoms with Gasteiger partial charge in [-0.2, -0.15) is 0 Å². The highest BCUT2D eigenvalue weighted by Gasteiger charge is 2.48. The number of esters is 1. The quantitative estimate of drug-likeness (QED) is 0.0919. The fourth-order valence-electron chi connectivity index (χ4n) is 6.68. The first-order valence-corrected chi connectivity index (χ1v) is 17.9. The standard InChI is InChI=1S/C36H46N2O8S2/c1-36(2,3)46-34(41)37-13-7-6-10-32(39)44-14-8-9-24-19-29(25-17-26(42-4)20-27(18-25)43-5)45-30(24)21-31-33(40)38(35(47)48-31)28-16-22-11-12-23(28)15-22/h17-23,28H,6-16H2,1-5H3,(H,37,41)/b31-21-. The third kappa shape index (κ3) is 9.13. The Labute approximate surface area is 292 Å². The van der Waals surface area contributed by atoms with E-state index < -0.39 is 11.7 Å². The van der Waals surface area contributed by atoms with Gasteiger partial charge in [-0.3, -0.25) is 14.5 Å². The number of hydrogen-bond acceptors (Lipinski definition) is 10. The van der Waals surface area contributed by atoms with E-state index in [1.807, 2.05) is 43.9 Å². The van der Waals surface area contributed by atoms with Gasteiger partial charge in [-0.15, -0.1) is 0 Å². The van der Waals surface area contributed by atoms with Gasteiger partial charge in [-0.05, 0) is 101 Å². The van der Waals surface area contributed by atoms with Crippen molar-refractivity contribution in [3.05, 3.63) is 40.5 Å². The lowest BCUT2D eigenvalue weighted by atomic mass is 9.94. The first kappa shape index (κ1) is 35.8. The molecule has 3 unspecified atom stereocenters. The Morgan fingerprint density at radius 2 is 1.81 bits per heavy atom. The molecule has 1 aliphatic heterocycles. The molecule has 3 atom stereocenters. The number of aryl methyl sites for hydroxylation is 1. The van der Waals surface area contributed by atoms with Gasteiger partial charge < -0.3 is 28.7 Å². The highest BCUT2D eigenvalue weighted by Crippen LogP contribution is 2.49. The number of thioether (sulfide) groups is 1. The van der Waals surface area contributed by atoms with Crippen molar-refractivity contribution in [2.45, 2.75) is 90.2 Å². The molecule has 2 amide bonds. The Morgan fingerprint density at radius 1 is 1.06 bits per heavy atom. The van der Waals surface area contributed by atoms with E-state index in [9.17, 15) is 14.4 Å². The molecule has 1 saturated heterocycles. The molecule has 2 bridgehead atoms. The number of ether oxygens (including phenoxy) is 4. The van der Waals surface area contributed by atoms with E-state index >= 15 is 0 Å². The summed E-state index contributed by atoms with van der Waals surface area (Å²) < 4.78 is 28.7. The number of amides is 2. The normalized spacial score (nSPS) is 21.2. The number of nitrogens with one attached hydrogen (secondary N) is 1. The van der Waals surface area contributed by atoms with Crippen molar-refractivity contribution in [1.29, 1.82) is 0 Å². The number of thiocarbonyl (C=S) groups is 1. The maximum Gasteiger partial charge on any atom is 0.407 e. The minimum Gasteiger partial charge on any atom is -0.497 e. The first-order chi connectivity index (χ1) is 22.9. The summed E-state index contributed by atoms with van der Waals surface area (Å²) >= 11 is 7.05. The molecule has 2 saturated carbocycles. The molecule has 1 N–H and O–H groups in total. The molecule has 48 heavy (non-hydrogen) atoms. The van der Waals surface area contributed by atoms with Crippen LogP contribution in [0.5, 0.6) is 11.5 Å². The Balaban J connectivity index is 1.21. The minimum atomic E-state index is -0.553. The van der Waals surface area contributed by atoms with Crippen molar-refractivity contribution in [3.63, 3.8) is 0 Å². The maximum atomic E-state index is 13.7. The molecule has 0 radical (unpaired) electrons. The van der Waals surface area contributed by atoms with Crippen molar-refractivity contribution in [3.8, 4) is 22.8 Å². The van der Waals surface area contributed by atoms with Crippen LogP contribution in [-0.4, -0.2) is 66.2 Å². The molecule has 1 aromatic heterocycles. The minimum absolute atomic E-state index is 0.0512. The summed E-state index contributed by atoms with van der Waals surface area (Å²) in [5.74, 6) is 3.33. The van der Waals surface area contributed by atoms with Gasteiger partial charge in [0.1, 0.15) is 32.9 Å². The second-order valence-electron chi connectivity index (χ2n) is 13.6. The van der Waals surface area contributed by atoms with Gasteiger partial charge in [0.15, 0.2) is 0 Å². The van der Waals surface area contributed by atoms with Crippen molar-refractivity contribution in [2.75, 3.05) is 27.4 Å². The molecule has 0 spiro atoms. The van der Waals surface area contributed by atoms with Crippen LogP contribution < -0.4 is 14.8 Å². The van der Waals surface area contributed by atoms with Crippen molar-refractivity contribution in [2.24, 2.45) is 11.8 Å². The lowest BCUT2D eigenvalue weighted by molar-refractivity contribution is -0.143. The van der Waals surface area contributed by atoms with Crippen LogP contribution >= 0.6 is 24.0 Å². The van der Waals surface area contributed by atoms with Crippen LogP contribution in [0.2, 0.25) is 0 Å². The number of hydrogen-bond donors (Lipinski definition) is 1. The molecular formula is C36H46N2O8S2. The van der Waals surface area contributed by atoms with E-state index in [0.717, 1.165) is 24.0 Å². The molecule has 260 valence electrons. The second-order valence-corrected chi connectivity index (χ2v) is 15.3. The molecule has 12 heteroatoms. The molecule has 10 nitrogen and oxygen atoms in total. The molecule has 2 heterocycles. The average molecular weight is 699 g/mol. The summed E-state index contributed by atoms with van der Waals surface area (Å²) in [6.45, 7) is 6.09. The van der Waals surface area contributed by atoms with Gasteiger partial charge in [0.05, 0.1) is 25.7 Å². The molecule has 1 aromatic carbocycles. The number of unbranched alkanes of at least 4 members (excludes halogenated alkanes) is 1. The number of benzene rings is 1. The number of fused-ring (bicyclic) bond motifs is 2. The van der Waals surface area contributed by atoms with Crippen molar-refractivity contribution >= 4 is 52.3 Å². The lowest BCUT2D eigenvalue weighted by Crippen LogP contribution is -2.41. The number of nitrogens with zero attached hydrogens (tertiary/aromatic N) is 1. The van der Waals surface area contributed by atoms with Gasteiger partial charge in [0.25, 0.3) is 5.91 Å². The smallest absolute Gasteiger partial charge is 0.407 e. The average Bonchev–Trinajstić information content (AvgIpc) is 3.82. The summed E-state index contributed by atoms with van der Waals surface area (Å²) in [5.41, 5.74) is 1.11. The Hall–Kier alpha value is -3.51. The second kappa shape index (κ2) is 15.8. The summed E-state index contributed by atoms with van der Waals surface area (Å²) in [6.07, 6.45) is 8.59. The predicted octanol–water partition coefficient (Wildman–Crippen LogP) is 7.52. The van der Waals surface area contributed by atoms with Crippen molar-refractivity contribution < 1.29 is 37.7 Å². The van der Waals surface area contributed by atoms with Crippen LogP contribution in [0, 0.1) is 11.8 Å². The highest BCUT2D eigenvalue weighted by atomic mass is 32.2. The first-order valence-electron chi connectivity index (χ1n) is 16.7. The fourth-order valence-corrected chi connectivity index (χ4v) is 8.03. The Morgan fingerprint density at radius 3 is 2.46 bits per heavy atom. The van der Waals surface area contributed by atoms with Crippen LogP contribution in [0.4, 0.5) is 4.79 Å². The summed E-state index contributed by atoms with van der Waals surface area (Å²) in [7, 11) is 3.19. The van der Waals surface area contributed by atoms with Crippen LogP contribution in [0.25, 0.3) is 17.4 Å². The number of carbonyl (C=O) groups excluding carboxylic acids is 3. The fraction of sp³-hybridized carbons (Fsp3) is 0.556. The largest absolute Gasteiger partial charge is 0.497 e.